The molecule has 0 aliphatic heterocycles. The fraction of sp³-hybridized carbons (Fsp3) is 0.357. The van der Waals surface area contributed by atoms with Crippen molar-refractivity contribution in [3.05, 3.63) is 29.3 Å². The molecule has 1 saturated carbocycles. The molecule has 1 heterocycles. The van der Waals surface area contributed by atoms with Gasteiger partial charge < -0.3 is 10.4 Å². The number of aliphatic hydroxyl groups excluding tert-OH is 1. The molecule has 110 valence electrons. The Morgan fingerprint density at radius 1 is 1.33 bits per heavy atom. The molecule has 0 radical (unpaired) electrons. The molecule has 1 aliphatic carbocycles. The zero-order chi connectivity index (χ0) is 14.8. The summed E-state index contributed by atoms with van der Waals surface area (Å²) in [6.07, 6.45) is 1.71. The van der Waals surface area contributed by atoms with Gasteiger partial charge in [-0.05, 0) is 25.3 Å². The van der Waals surface area contributed by atoms with Crippen molar-refractivity contribution >= 4 is 34.0 Å². The molecule has 5 nitrogen and oxygen atoms in total. The molecular weight excluding hydrogens is 310 g/mol. The predicted octanol–water partition coefficient (Wildman–Crippen LogP) is 2.96. The van der Waals surface area contributed by atoms with Gasteiger partial charge >= 0.3 is 0 Å². The summed E-state index contributed by atoms with van der Waals surface area (Å²) in [5, 5.41) is 22.2. The molecule has 2 aromatic rings. The van der Waals surface area contributed by atoms with Gasteiger partial charge in [0.25, 0.3) is 0 Å². The maximum atomic E-state index is 12.1. The number of nitrogens with one attached hydrogen (secondary N) is 1. The van der Waals surface area contributed by atoms with Crippen molar-refractivity contribution in [3.63, 3.8) is 0 Å². The monoisotopic (exact) mass is 323 g/mol. The predicted molar refractivity (Wildman–Crippen MR) is 82.3 cm³/mol. The van der Waals surface area contributed by atoms with Gasteiger partial charge in [-0.25, -0.2) is 0 Å². The number of benzene rings is 1. The van der Waals surface area contributed by atoms with E-state index in [1.165, 1.54) is 11.3 Å². The summed E-state index contributed by atoms with van der Waals surface area (Å²) in [5.41, 5.74) is 0.790. The molecule has 1 aromatic heterocycles. The van der Waals surface area contributed by atoms with E-state index in [4.69, 9.17) is 11.6 Å². The highest BCUT2D eigenvalue weighted by Crippen LogP contribution is 2.32. The van der Waals surface area contributed by atoms with Crippen LogP contribution in [-0.4, -0.2) is 27.3 Å². The Labute approximate surface area is 131 Å². The first-order chi connectivity index (χ1) is 10.1. The summed E-state index contributed by atoms with van der Waals surface area (Å²) >= 11 is 7.38. The molecule has 0 spiro atoms. The van der Waals surface area contributed by atoms with Crippen LogP contribution in [0, 0.1) is 5.92 Å². The van der Waals surface area contributed by atoms with E-state index in [2.05, 4.69) is 15.5 Å². The number of hydrogen-bond donors (Lipinski definition) is 2. The zero-order valence-electron chi connectivity index (χ0n) is 11.1. The SMILES string of the molecule is O=C(Nc1nnc(-c2ccccc2Cl)s1)C1CCCC1O. The number of hydrogen-bond acceptors (Lipinski definition) is 5. The van der Waals surface area contributed by atoms with E-state index in [0.29, 0.717) is 28.0 Å². The third-order valence-electron chi connectivity index (χ3n) is 3.58. The molecule has 0 saturated heterocycles. The minimum absolute atomic E-state index is 0.193. The van der Waals surface area contributed by atoms with E-state index in [9.17, 15) is 9.90 Å². The molecule has 2 atom stereocenters. The maximum absolute atomic E-state index is 12.1. The second-order valence-corrected chi connectivity index (χ2v) is 6.37. The van der Waals surface area contributed by atoms with Crippen molar-refractivity contribution < 1.29 is 9.90 Å². The van der Waals surface area contributed by atoms with Crippen LogP contribution in [0.4, 0.5) is 5.13 Å². The van der Waals surface area contributed by atoms with E-state index < -0.39 is 6.10 Å². The van der Waals surface area contributed by atoms with E-state index >= 15 is 0 Å². The number of aromatic nitrogens is 2. The van der Waals surface area contributed by atoms with Crippen molar-refractivity contribution in [1.29, 1.82) is 0 Å². The van der Waals surface area contributed by atoms with Gasteiger partial charge in [0.15, 0.2) is 5.01 Å². The van der Waals surface area contributed by atoms with Gasteiger partial charge in [-0.3, -0.25) is 4.79 Å². The van der Waals surface area contributed by atoms with Crippen molar-refractivity contribution in [2.24, 2.45) is 5.92 Å². The fourth-order valence-electron chi connectivity index (χ4n) is 2.46. The standard InChI is InChI=1S/C14H14ClN3O2S/c15-10-6-2-1-4-8(10)13-17-18-14(21-13)16-12(20)9-5-3-7-11(9)19/h1-2,4,6,9,11,19H,3,5,7H2,(H,16,18,20). The molecule has 2 unspecified atom stereocenters. The second kappa shape index (κ2) is 6.09. The molecular formula is C14H14ClN3O2S. The van der Waals surface area contributed by atoms with Crippen LogP contribution in [0.2, 0.25) is 5.02 Å². The Balaban J connectivity index is 1.74. The number of nitrogens with zero attached hydrogens (tertiary/aromatic N) is 2. The third-order valence-corrected chi connectivity index (χ3v) is 4.78. The molecule has 1 aromatic carbocycles. The van der Waals surface area contributed by atoms with Gasteiger partial charge in [-0.1, -0.05) is 41.1 Å². The summed E-state index contributed by atoms with van der Waals surface area (Å²) in [6, 6.07) is 7.35. The normalized spacial score (nSPS) is 21.4. The van der Waals surface area contributed by atoms with Crippen molar-refractivity contribution in [1.82, 2.24) is 10.2 Å². The van der Waals surface area contributed by atoms with E-state index in [1.807, 2.05) is 18.2 Å². The first-order valence-electron chi connectivity index (χ1n) is 6.72. The van der Waals surface area contributed by atoms with Crippen LogP contribution >= 0.6 is 22.9 Å². The molecule has 1 amide bonds. The van der Waals surface area contributed by atoms with E-state index in [-0.39, 0.29) is 11.8 Å². The Bertz CT molecular complexity index is 661. The smallest absolute Gasteiger partial charge is 0.231 e. The van der Waals surface area contributed by atoms with Gasteiger partial charge in [0.1, 0.15) is 0 Å². The van der Waals surface area contributed by atoms with Crippen LogP contribution in [0.5, 0.6) is 0 Å². The van der Waals surface area contributed by atoms with Gasteiger partial charge in [0.05, 0.1) is 17.0 Å². The first kappa shape index (κ1) is 14.4. The maximum Gasteiger partial charge on any atom is 0.231 e. The van der Waals surface area contributed by atoms with Gasteiger partial charge in [0.2, 0.25) is 11.0 Å². The van der Waals surface area contributed by atoms with Crippen LogP contribution < -0.4 is 5.32 Å². The topological polar surface area (TPSA) is 75.1 Å². The molecule has 21 heavy (non-hydrogen) atoms. The minimum Gasteiger partial charge on any atom is -0.392 e. The quantitative estimate of drug-likeness (QED) is 0.910. The molecule has 7 heteroatoms. The largest absolute Gasteiger partial charge is 0.392 e. The molecule has 1 aliphatic rings. The minimum atomic E-state index is -0.555. The summed E-state index contributed by atoms with van der Waals surface area (Å²) in [4.78, 5) is 12.1. The fourth-order valence-corrected chi connectivity index (χ4v) is 3.53. The number of amides is 1. The Hall–Kier alpha value is -1.50. The van der Waals surface area contributed by atoms with Crippen LogP contribution in [0.15, 0.2) is 24.3 Å². The number of aliphatic hydroxyl groups is 1. The number of anilines is 1. The highest BCUT2D eigenvalue weighted by Gasteiger charge is 2.31. The Morgan fingerprint density at radius 2 is 2.14 bits per heavy atom. The lowest BCUT2D eigenvalue weighted by Gasteiger charge is -2.12. The zero-order valence-corrected chi connectivity index (χ0v) is 12.7. The second-order valence-electron chi connectivity index (χ2n) is 4.99. The molecule has 2 N–H and O–H groups in total. The van der Waals surface area contributed by atoms with Crippen LogP contribution in [-0.2, 0) is 4.79 Å². The lowest BCUT2D eigenvalue weighted by molar-refractivity contribution is -0.122. The first-order valence-corrected chi connectivity index (χ1v) is 7.92. The molecule has 3 rings (SSSR count). The van der Waals surface area contributed by atoms with Crippen molar-refractivity contribution in [2.45, 2.75) is 25.4 Å². The summed E-state index contributed by atoms with van der Waals surface area (Å²) < 4.78 is 0. The number of halogens is 1. The lowest BCUT2D eigenvalue weighted by Crippen LogP contribution is -2.28. The number of rotatable bonds is 3. The summed E-state index contributed by atoms with van der Waals surface area (Å²) in [5.74, 6) is -0.542. The van der Waals surface area contributed by atoms with Crippen LogP contribution in [0.3, 0.4) is 0 Å². The van der Waals surface area contributed by atoms with Gasteiger partial charge in [-0.15, -0.1) is 10.2 Å². The number of carbonyl (C=O) groups is 1. The molecule has 1 fully saturated rings. The van der Waals surface area contributed by atoms with Crippen LogP contribution in [0.25, 0.3) is 10.6 Å². The highest BCUT2D eigenvalue weighted by molar-refractivity contribution is 7.18. The lowest BCUT2D eigenvalue weighted by atomic mass is 10.1. The average Bonchev–Trinajstić information content (AvgIpc) is 3.08. The van der Waals surface area contributed by atoms with Crippen molar-refractivity contribution in [2.75, 3.05) is 5.32 Å². The van der Waals surface area contributed by atoms with Gasteiger partial charge in [0, 0.05) is 5.56 Å². The van der Waals surface area contributed by atoms with E-state index in [0.717, 1.165) is 12.0 Å². The van der Waals surface area contributed by atoms with E-state index in [1.54, 1.807) is 6.07 Å². The number of carbonyl (C=O) groups excluding carboxylic acids is 1. The third kappa shape index (κ3) is 3.07. The summed E-state index contributed by atoms with van der Waals surface area (Å²) in [7, 11) is 0. The Morgan fingerprint density at radius 3 is 2.86 bits per heavy atom. The Kier molecular flexibility index (Phi) is 4.19. The van der Waals surface area contributed by atoms with Crippen LogP contribution in [0.1, 0.15) is 19.3 Å². The summed E-state index contributed by atoms with van der Waals surface area (Å²) in [6.45, 7) is 0. The average molecular weight is 324 g/mol. The van der Waals surface area contributed by atoms with Gasteiger partial charge in [-0.2, -0.15) is 0 Å². The van der Waals surface area contributed by atoms with Crippen molar-refractivity contribution in [3.8, 4) is 10.6 Å². The highest BCUT2D eigenvalue weighted by atomic mass is 35.5. The molecule has 0 bridgehead atoms.